The molecule has 0 fully saturated rings. The zero-order chi connectivity index (χ0) is 34.7. The Bertz CT molecular complexity index is 3120. The second-order valence-electron chi connectivity index (χ2n) is 14.5. The van der Waals surface area contributed by atoms with Crippen LogP contribution in [0.25, 0.3) is 87.7 Å². The molecule has 1 spiro atoms. The van der Waals surface area contributed by atoms with Crippen molar-refractivity contribution in [2.24, 2.45) is 0 Å². The lowest BCUT2D eigenvalue weighted by molar-refractivity contribution is 0.771. The fourth-order valence-electron chi connectivity index (χ4n) is 10.1. The summed E-state index contributed by atoms with van der Waals surface area (Å²) in [5, 5.41) is 10.2. The Kier molecular flexibility index (Phi) is 5.77. The first-order valence-corrected chi connectivity index (χ1v) is 18.5. The van der Waals surface area contributed by atoms with Gasteiger partial charge in [0.05, 0.1) is 11.1 Å². The van der Waals surface area contributed by atoms with Gasteiger partial charge in [-0.25, -0.2) is 0 Å². The number of aromatic nitrogens is 1. The predicted molar refractivity (Wildman–Crippen MR) is 221 cm³/mol. The number of nitrogens with zero attached hydrogens (tertiary/aromatic N) is 1. The van der Waals surface area contributed by atoms with Crippen LogP contribution in [0, 0.1) is 0 Å². The summed E-state index contributed by atoms with van der Waals surface area (Å²) >= 11 is 0. The summed E-state index contributed by atoms with van der Waals surface area (Å²) in [6, 6.07) is 67.7. The number of benzene rings is 9. The van der Waals surface area contributed by atoms with Gasteiger partial charge in [0, 0.05) is 11.8 Å². The van der Waals surface area contributed by atoms with Gasteiger partial charge in [0.15, 0.2) is 0 Å². The van der Waals surface area contributed by atoms with Crippen molar-refractivity contribution in [3.63, 3.8) is 0 Å². The molecule has 0 bridgehead atoms. The minimum atomic E-state index is -0.482. The minimum absolute atomic E-state index is 0.482. The Morgan fingerprint density at radius 3 is 1.68 bits per heavy atom. The van der Waals surface area contributed by atoms with Gasteiger partial charge in [-0.1, -0.05) is 170 Å². The SMILES string of the molecule is c1ccc2c(c1)-c1cccc3cccc(c13)C21c2ccc(-c3c4ccccc4c(-c4cccc5ccccc45)c4ccccc34)cc2-c2ncccc21. The summed E-state index contributed by atoms with van der Waals surface area (Å²) in [7, 11) is 0. The second kappa shape index (κ2) is 10.6. The lowest BCUT2D eigenvalue weighted by Crippen LogP contribution is -2.31. The van der Waals surface area contributed by atoms with Gasteiger partial charge in [0.1, 0.15) is 0 Å². The van der Waals surface area contributed by atoms with Crippen molar-refractivity contribution < 1.29 is 0 Å². The van der Waals surface area contributed by atoms with Crippen molar-refractivity contribution in [2.45, 2.75) is 5.41 Å². The lowest BCUT2D eigenvalue weighted by Gasteiger charge is -2.39. The van der Waals surface area contributed by atoms with E-state index in [0.717, 1.165) is 5.69 Å². The minimum Gasteiger partial charge on any atom is -0.256 e. The molecular formula is C52H31N. The van der Waals surface area contributed by atoms with Gasteiger partial charge in [0.2, 0.25) is 0 Å². The van der Waals surface area contributed by atoms with E-state index < -0.39 is 5.41 Å². The molecule has 10 aromatic rings. The fourth-order valence-corrected chi connectivity index (χ4v) is 10.1. The van der Waals surface area contributed by atoms with Crippen molar-refractivity contribution in [3.8, 4) is 44.6 Å². The monoisotopic (exact) mass is 669 g/mol. The highest BCUT2D eigenvalue weighted by molar-refractivity contribution is 6.23. The first-order valence-electron chi connectivity index (χ1n) is 18.5. The number of hydrogen-bond acceptors (Lipinski definition) is 1. The highest BCUT2D eigenvalue weighted by Gasteiger charge is 2.50. The van der Waals surface area contributed by atoms with Crippen LogP contribution in [-0.2, 0) is 5.41 Å². The number of fused-ring (bicyclic) bond motifs is 12. The van der Waals surface area contributed by atoms with E-state index in [2.05, 4.69) is 182 Å². The maximum atomic E-state index is 5.19. The zero-order valence-corrected chi connectivity index (χ0v) is 28.8. The van der Waals surface area contributed by atoms with Crippen LogP contribution in [0.5, 0.6) is 0 Å². The Labute approximate surface area is 307 Å². The molecule has 1 aromatic heterocycles. The zero-order valence-electron chi connectivity index (χ0n) is 28.8. The molecule has 1 atom stereocenters. The largest absolute Gasteiger partial charge is 0.256 e. The van der Waals surface area contributed by atoms with Gasteiger partial charge in [-0.05, 0) is 111 Å². The molecule has 1 nitrogen and oxygen atoms in total. The Balaban J connectivity index is 1.18. The van der Waals surface area contributed by atoms with Gasteiger partial charge >= 0.3 is 0 Å². The fraction of sp³-hybridized carbons (Fsp3) is 0.0192. The van der Waals surface area contributed by atoms with E-state index in [1.54, 1.807) is 0 Å². The average Bonchev–Trinajstić information content (AvgIpc) is 3.51. The van der Waals surface area contributed by atoms with Gasteiger partial charge < -0.3 is 0 Å². The van der Waals surface area contributed by atoms with E-state index >= 15 is 0 Å². The average molecular weight is 670 g/mol. The maximum Gasteiger partial charge on any atom is 0.0753 e. The van der Waals surface area contributed by atoms with Crippen LogP contribution in [0.4, 0.5) is 0 Å². The van der Waals surface area contributed by atoms with Crippen molar-refractivity contribution in [3.05, 3.63) is 210 Å². The highest BCUT2D eigenvalue weighted by atomic mass is 14.7. The van der Waals surface area contributed by atoms with Gasteiger partial charge in [-0.2, -0.15) is 0 Å². The van der Waals surface area contributed by atoms with Crippen LogP contribution < -0.4 is 0 Å². The molecule has 0 saturated carbocycles. The molecule has 1 unspecified atom stereocenters. The van der Waals surface area contributed by atoms with Crippen molar-refractivity contribution in [2.75, 3.05) is 0 Å². The molecule has 0 saturated heterocycles. The Hall–Kier alpha value is -6.83. The molecule has 53 heavy (non-hydrogen) atoms. The summed E-state index contributed by atoms with van der Waals surface area (Å²) in [4.78, 5) is 5.19. The van der Waals surface area contributed by atoms with Crippen molar-refractivity contribution >= 4 is 43.1 Å². The summed E-state index contributed by atoms with van der Waals surface area (Å²) in [6.07, 6.45) is 1.96. The quantitative estimate of drug-likeness (QED) is 0.167. The topological polar surface area (TPSA) is 12.9 Å². The summed E-state index contributed by atoms with van der Waals surface area (Å²) in [5.41, 5.74) is 14.6. The Morgan fingerprint density at radius 2 is 0.887 bits per heavy atom. The molecular weight excluding hydrogens is 639 g/mol. The molecule has 2 aliphatic rings. The molecule has 12 rings (SSSR count). The molecule has 1 heterocycles. The van der Waals surface area contributed by atoms with Crippen molar-refractivity contribution in [1.29, 1.82) is 0 Å². The van der Waals surface area contributed by atoms with E-state index in [1.807, 2.05) is 6.20 Å². The summed E-state index contributed by atoms with van der Waals surface area (Å²) < 4.78 is 0. The van der Waals surface area contributed by atoms with Gasteiger partial charge in [0.25, 0.3) is 0 Å². The number of pyridine rings is 1. The standard InChI is InChI=1S/C52H31N/c1-2-17-35-32(13-1)14-9-23-37(35)50-41-21-5-3-19-39(41)48(40-20-4-6-22-42(40)50)34-28-29-45-43(31-34)51-47(27-12-30-53-51)52(45)44-25-8-7-18-36(44)38-24-10-15-33-16-11-26-46(52)49(33)38/h1-31H. The van der Waals surface area contributed by atoms with Crippen LogP contribution >= 0.6 is 0 Å². The van der Waals surface area contributed by atoms with Gasteiger partial charge in [-0.3, -0.25) is 4.98 Å². The van der Waals surface area contributed by atoms with Crippen LogP contribution in [0.2, 0.25) is 0 Å². The maximum absolute atomic E-state index is 5.19. The van der Waals surface area contributed by atoms with E-state index in [9.17, 15) is 0 Å². The predicted octanol–water partition coefficient (Wildman–Crippen LogP) is 13.4. The van der Waals surface area contributed by atoms with E-state index in [-0.39, 0.29) is 0 Å². The van der Waals surface area contributed by atoms with E-state index in [1.165, 1.54) is 104 Å². The van der Waals surface area contributed by atoms with Crippen molar-refractivity contribution in [1.82, 2.24) is 4.98 Å². The number of hydrogen-bond donors (Lipinski definition) is 0. The smallest absolute Gasteiger partial charge is 0.0753 e. The first kappa shape index (κ1) is 28.8. The first-order chi connectivity index (χ1) is 26.3. The van der Waals surface area contributed by atoms with Crippen LogP contribution in [-0.4, -0.2) is 4.98 Å². The number of rotatable bonds is 2. The highest BCUT2D eigenvalue weighted by Crippen LogP contribution is 2.62. The third kappa shape index (κ3) is 3.68. The summed E-state index contributed by atoms with van der Waals surface area (Å²) in [5.74, 6) is 0. The molecule has 0 radical (unpaired) electrons. The van der Waals surface area contributed by atoms with Crippen LogP contribution in [0.15, 0.2) is 188 Å². The third-order valence-electron chi connectivity index (χ3n) is 12.1. The molecule has 9 aromatic carbocycles. The van der Waals surface area contributed by atoms with Crippen LogP contribution in [0.3, 0.4) is 0 Å². The molecule has 2 aliphatic carbocycles. The third-order valence-corrected chi connectivity index (χ3v) is 12.1. The lowest BCUT2D eigenvalue weighted by atomic mass is 9.61. The molecule has 244 valence electrons. The van der Waals surface area contributed by atoms with Crippen LogP contribution in [0.1, 0.15) is 22.3 Å². The second-order valence-corrected chi connectivity index (χ2v) is 14.5. The van der Waals surface area contributed by atoms with E-state index in [0.29, 0.717) is 0 Å². The normalized spacial score (nSPS) is 15.2. The van der Waals surface area contributed by atoms with Gasteiger partial charge in [-0.15, -0.1) is 0 Å². The Morgan fingerprint density at radius 1 is 0.340 bits per heavy atom. The molecule has 1 heteroatoms. The molecule has 0 N–H and O–H groups in total. The molecule has 0 amide bonds. The van der Waals surface area contributed by atoms with E-state index in [4.69, 9.17) is 4.98 Å². The summed E-state index contributed by atoms with van der Waals surface area (Å²) in [6.45, 7) is 0. The molecule has 0 aliphatic heterocycles.